The molecule has 0 aliphatic carbocycles. The van der Waals surface area contributed by atoms with Gasteiger partial charge in [0.25, 0.3) is 0 Å². The summed E-state index contributed by atoms with van der Waals surface area (Å²) in [5.41, 5.74) is 3.59. The van der Waals surface area contributed by atoms with Crippen LogP contribution in [-0.2, 0) is 10.2 Å². The van der Waals surface area contributed by atoms with Gasteiger partial charge in [0.2, 0.25) is 5.91 Å². The zero-order chi connectivity index (χ0) is 11.9. The molecule has 1 amide bonds. The van der Waals surface area contributed by atoms with Gasteiger partial charge in [-0.1, -0.05) is 39.8 Å². The molecule has 0 saturated heterocycles. The molecule has 1 unspecified atom stereocenters. The second-order valence-corrected chi connectivity index (χ2v) is 5.50. The maximum atomic E-state index is 11.7. The quantitative estimate of drug-likeness (QED) is 0.767. The fourth-order valence-corrected chi connectivity index (χ4v) is 2.20. The van der Waals surface area contributed by atoms with Crippen molar-refractivity contribution in [1.82, 2.24) is 0 Å². The molecule has 1 aliphatic heterocycles. The molecule has 0 radical (unpaired) electrons. The van der Waals surface area contributed by atoms with Crippen molar-refractivity contribution < 1.29 is 4.79 Å². The topological polar surface area (TPSA) is 29.1 Å². The fraction of sp³-hybridized carbons (Fsp3) is 0.500. The van der Waals surface area contributed by atoms with Gasteiger partial charge in [-0.05, 0) is 29.0 Å². The van der Waals surface area contributed by atoms with Crippen LogP contribution in [-0.4, -0.2) is 5.91 Å². The number of anilines is 1. The normalized spacial score (nSPS) is 19.5. The number of hydrogen-bond donors (Lipinski definition) is 1. The highest BCUT2D eigenvalue weighted by Gasteiger charge is 2.30. The lowest BCUT2D eigenvalue weighted by atomic mass is 9.84. The molecule has 0 fully saturated rings. The van der Waals surface area contributed by atoms with Crippen LogP contribution in [0.3, 0.4) is 0 Å². The SMILES string of the molecule is CCC1C(=O)Nc2ccc(C(C)(C)C)cc21. The van der Waals surface area contributed by atoms with Gasteiger partial charge in [0, 0.05) is 5.69 Å². The van der Waals surface area contributed by atoms with Crippen molar-refractivity contribution in [2.45, 2.75) is 45.4 Å². The molecule has 2 heteroatoms. The Kier molecular flexibility index (Phi) is 2.53. The van der Waals surface area contributed by atoms with Gasteiger partial charge in [0.15, 0.2) is 0 Å². The van der Waals surface area contributed by atoms with E-state index in [0.29, 0.717) is 0 Å². The summed E-state index contributed by atoms with van der Waals surface area (Å²) in [7, 11) is 0. The van der Waals surface area contributed by atoms with Crippen molar-refractivity contribution in [2.75, 3.05) is 5.32 Å². The zero-order valence-electron chi connectivity index (χ0n) is 10.4. The summed E-state index contributed by atoms with van der Waals surface area (Å²) >= 11 is 0. The van der Waals surface area contributed by atoms with Crippen LogP contribution < -0.4 is 5.32 Å². The Balaban J connectivity index is 2.47. The van der Waals surface area contributed by atoms with Crippen LogP contribution in [0.5, 0.6) is 0 Å². The van der Waals surface area contributed by atoms with Gasteiger partial charge in [0.1, 0.15) is 0 Å². The molecule has 2 nitrogen and oxygen atoms in total. The smallest absolute Gasteiger partial charge is 0.231 e. The summed E-state index contributed by atoms with van der Waals surface area (Å²) < 4.78 is 0. The predicted molar refractivity (Wildman–Crippen MR) is 66.8 cm³/mol. The minimum Gasteiger partial charge on any atom is -0.325 e. The lowest BCUT2D eigenvalue weighted by molar-refractivity contribution is -0.117. The molecule has 0 aromatic heterocycles. The van der Waals surface area contributed by atoms with Crippen LogP contribution in [0.2, 0.25) is 0 Å². The Morgan fingerprint density at radius 3 is 2.56 bits per heavy atom. The van der Waals surface area contributed by atoms with Crippen LogP contribution in [0.25, 0.3) is 0 Å². The summed E-state index contributed by atoms with van der Waals surface area (Å²) in [6, 6.07) is 6.32. The summed E-state index contributed by atoms with van der Waals surface area (Å²) in [6.07, 6.45) is 0.867. The van der Waals surface area contributed by atoms with Gasteiger partial charge in [-0.25, -0.2) is 0 Å². The Bertz CT molecular complexity index is 429. The van der Waals surface area contributed by atoms with E-state index in [-0.39, 0.29) is 17.2 Å². The standard InChI is InChI=1S/C14H19NO/c1-5-10-11-8-9(14(2,3)4)6-7-12(11)15-13(10)16/h6-8,10H,5H2,1-4H3,(H,15,16). The molecular weight excluding hydrogens is 198 g/mol. The maximum absolute atomic E-state index is 11.7. The summed E-state index contributed by atoms with van der Waals surface area (Å²) in [6.45, 7) is 8.64. The Hall–Kier alpha value is -1.31. The molecule has 16 heavy (non-hydrogen) atoms. The van der Waals surface area contributed by atoms with E-state index >= 15 is 0 Å². The van der Waals surface area contributed by atoms with Crippen LogP contribution in [0.4, 0.5) is 5.69 Å². The second kappa shape index (κ2) is 3.62. The first-order valence-corrected chi connectivity index (χ1v) is 5.88. The highest BCUT2D eigenvalue weighted by Crippen LogP contribution is 2.37. The van der Waals surface area contributed by atoms with E-state index in [1.54, 1.807) is 0 Å². The Morgan fingerprint density at radius 2 is 2.00 bits per heavy atom. The van der Waals surface area contributed by atoms with Crippen LogP contribution in [0.1, 0.15) is 51.2 Å². The summed E-state index contributed by atoms with van der Waals surface area (Å²) in [5, 5.41) is 2.94. The number of nitrogens with one attached hydrogen (secondary N) is 1. The predicted octanol–water partition coefficient (Wildman–Crippen LogP) is 3.43. The minimum absolute atomic E-state index is 0.0392. The number of rotatable bonds is 1. The number of benzene rings is 1. The molecule has 1 atom stereocenters. The maximum Gasteiger partial charge on any atom is 0.231 e. The zero-order valence-corrected chi connectivity index (χ0v) is 10.4. The van der Waals surface area contributed by atoms with E-state index in [4.69, 9.17) is 0 Å². The second-order valence-electron chi connectivity index (χ2n) is 5.50. The molecule has 2 rings (SSSR count). The van der Waals surface area contributed by atoms with Gasteiger partial charge < -0.3 is 5.32 Å². The Morgan fingerprint density at radius 1 is 1.31 bits per heavy atom. The first kappa shape index (κ1) is 11.2. The molecule has 86 valence electrons. The number of hydrogen-bond acceptors (Lipinski definition) is 1. The number of carbonyl (C=O) groups is 1. The van der Waals surface area contributed by atoms with Crippen LogP contribution >= 0.6 is 0 Å². The summed E-state index contributed by atoms with van der Waals surface area (Å²) in [4.78, 5) is 11.7. The lowest BCUT2D eigenvalue weighted by Crippen LogP contribution is -2.12. The van der Waals surface area contributed by atoms with Crippen molar-refractivity contribution in [1.29, 1.82) is 0 Å². The number of amides is 1. The van der Waals surface area contributed by atoms with Gasteiger partial charge >= 0.3 is 0 Å². The molecule has 1 aromatic rings. The van der Waals surface area contributed by atoms with Gasteiger partial charge in [0.05, 0.1) is 5.92 Å². The molecule has 1 heterocycles. The monoisotopic (exact) mass is 217 g/mol. The third-order valence-corrected chi connectivity index (χ3v) is 3.28. The highest BCUT2D eigenvalue weighted by molar-refractivity contribution is 6.02. The van der Waals surface area contributed by atoms with E-state index in [1.807, 2.05) is 6.07 Å². The summed E-state index contributed by atoms with van der Waals surface area (Å²) in [5.74, 6) is 0.181. The molecule has 1 aliphatic rings. The third-order valence-electron chi connectivity index (χ3n) is 3.28. The number of fused-ring (bicyclic) bond motifs is 1. The number of carbonyl (C=O) groups excluding carboxylic acids is 1. The van der Waals surface area contributed by atoms with Crippen molar-refractivity contribution in [3.05, 3.63) is 29.3 Å². The van der Waals surface area contributed by atoms with E-state index in [1.165, 1.54) is 11.1 Å². The van der Waals surface area contributed by atoms with Gasteiger partial charge in [-0.3, -0.25) is 4.79 Å². The van der Waals surface area contributed by atoms with Gasteiger partial charge in [-0.15, -0.1) is 0 Å². The minimum atomic E-state index is 0.0392. The molecule has 1 N–H and O–H groups in total. The Labute approximate surface area is 97.1 Å². The molecule has 0 spiro atoms. The molecule has 0 saturated carbocycles. The highest BCUT2D eigenvalue weighted by atomic mass is 16.2. The van der Waals surface area contributed by atoms with Crippen molar-refractivity contribution >= 4 is 11.6 Å². The van der Waals surface area contributed by atoms with Crippen LogP contribution in [0.15, 0.2) is 18.2 Å². The van der Waals surface area contributed by atoms with E-state index in [0.717, 1.165) is 12.1 Å². The molecular formula is C14H19NO. The van der Waals surface area contributed by atoms with E-state index < -0.39 is 0 Å². The van der Waals surface area contributed by atoms with E-state index in [2.05, 4.69) is 45.1 Å². The van der Waals surface area contributed by atoms with E-state index in [9.17, 15) is 4.79 Å². The molecule has 0 bridgehead atoms. The average Bonchev–Trinajstić information content (AvgIpc) is 2.50. The van der Waals surface area contributed by atoms with Crippen molar-refractivity contribution in [2.24, 2.45) is 0 Å². The van der Waals surface area contributed by atoms with Crippen LogP contribution in [0, 0.1) is 0 Å². The third kappa shape index (κ3) is 1.73. The molecule has 1 aromatic carbocycles. The first-order valence-electron chi connectivity index (χ1n) is 5.88. The fourth-order valence-electron chi connectivity index (χ4n) is 2.20. The van der Waals surface area contributed by atoms with Gasteiger partial charge in [-0.2, -0.15) is 0 Å². The lowest BCUT2D eigenvalue weighted by Gasteiger charge is -2.20. The first-order chi connectivity index (χ1) is 7.43. The largest absolute Gasteiger partial charge is 0.325 e. The van der Waals surface area contributed by atoms with Crippen molar-refractivity contribution in [3.8, 4) is 0 Å². The average molecular weight is 217 g/mol. The van der Waals surface area contributed by atoms with Crippen molar-refractivity contribution in [3.63, 3.8) is 0 Å².